The van der Waals surface area contributed by atoms with Crippen molar-refractivity contribution in [2.24, 2.45) is 5.92 Å². The number of halogens is 2. The molecular weight excluding hydrogens is 183 g/mol. The van der Waals surface area contributed by atoms with Crippen molar-refractivity contribution in [1.29, 1.82) is 0 Å². The van der Waals surface area contributed by atoms with E-state index >= 15 is 0 Å². The highest BCUT2D eigenvalue weighted by atomic mass is 35.5. The molecule has 0 aromatic heterocycles. The third kappa shape index (κ3) is 2.34. The molecule has 1 aliphatic heterocycles. The van der Waals surface area contributed by atoms with Crippen molar-refractivity contribution in [1.82, 2.24) is 10.9 Å². The minimum Gasteiger partial charge on any atom is -0.235 e. The highest BCUT2D eigenvalue weighted by Gasteiger charge is 2.20. The Balaban J connectivity index is 2.71. The molecule has 0 saturated carbocycles. The lowest BCUT2D eigenvalue weighted by Gasteiger charge is -2.26. The predicted molar refractivity (Wildman–Crippen MR) is 48.5 cm³/mol. The summed E-state index contributed by atoms with van der Waals surface area (Å²) >= 11 is 11.8. The standard InChI is InChI=1S/C7H12Cl2N2/c1-4(2)5-3-6(8)10-11-7(5)9/h3-4,6-7,10-11H,1-2H3. The smallest absolute Gasteiger partial charge is 0.117 e. The monoisotopic (exact) mass is 194 g/mol. The van der Waals surface area contributed by atoms with Gasteiger partial charge in [0.2, 0.25) is 0 Å². The van der Waals surface area contributed by atoms with Crippen molar-refractivity contribution in [2.45, 2.75) is 24.8 Å². The molecule has 1 heterocycles. The SMILES string of the molecule is CC(C)C1=CC(Cl)NNC1Cl. The second-order valence-corrected chi connectivity index (χ2v) is 3.78. The Morgan fingerprint density at radius 1 is 1.36 bits per heavy atom. The van der Waals surface area contributed by atoms with Gasteiger partial charge in [0.15, 0.2) is 0 Å². The zero-order chi connectivity index (χ0) is 8.43. The molecule has 2 atom stereocenters. The molecule has 2 unspecified atom stereocenters. The maximum atomic E-state index is 5.94. The van der Waals surface area contributed by atoms with E-state index in [1.165, 1.54) is 0 Å². The van der Waals surface area contributed by atoms with Crippen LogP contribution >= 0.6 is 23.2 Å². The molecule has 1 rings (SSSR count). The zero-order valence-corrected chi connectivity index (χ0v) is 8.08. The number of hydrogen-bond acceptors (Lipinski definition) is 2. The van der Waals surface area contributed by atoms with Crippen molar-refractivity contribution in [2.75, 3.05) is 0 Å². The van der Waals surface area contributed by atoms with E-state index in [2.05, 4.69) is 24.7 Å². The summed E-state index contributed by atoms with van der Waals surface area (Å²) in [5, 5.41) is 0. The van der Waals surface area contributed by atoms with Gasteiger partial charge in [-0.25, -0.2) is 10.9 Å². The Labute approximate surface area is 76.9 Å². The second kappa shape index (κ2) is 3.76. The van der Waals surface area contributed by atoms with E-state index in [0.717, 1.165) is 5.57 Å². The van der Waals surface area contributed by atoms with Crippen molar-refractivity contribution in [3.8, 4) is 0 Å². The Morgan fingerprint density at radius 2 is 2.00 bits per heavy atom. The van der Waals surface area contributed by atoms with Gasteiger partial charge in [0, 0.05) is 0 Å². The van der Waals surface area contributed by atoms with Crippen LogP contribution in [-0.4, -0.2) is 11.0 Å². The zero-order valence-electron chi connectivity index (χ0n) is 6.57. The van der Waals surface area contributed by atoms with E-state index in [4.69, 9.17) is 23.2 Å². The molecule has 2 N–H and O–H groups in total. The number of hydrogen-bond donors (Lipinski definition) is 2. The van der Waals surface area contributed by atoms with E-state index in [1.807, 2.05) is 6.08 Å². The van der Waals surface area contributed by atoms with E-state index in [-0.39, 0.29) is 11.0 Å². The van der Waals surface area contributed by atoms with E-state index in [9.17, 15) is 0 Å². The van der Waals surface area contributed by atoms with Crippen molar-refractivity contribution >= 4 is 23.2 Å². The van der Waals surface area contributed by atoms with Crippen molar-refractivity contribution < 1.29 is 0 Å². The molecule has 0 aromatic carbocycles. The summed E-state index contributed by atoms with van der Waals surface area (Å²) in [6.45, 7) is 4.19. The van der Waals surface area contributed by atoms with E-state index < -0.39 is 0 Å². The highest BCUT2D eigenvalue weighted by Crippen LogP contribution is 2.20. The van der Waals surface area contributed by atoms with Gasteiger partial charge in [-0.1, -0.05) is 37.0 Å². The van der Waals surface area contributed by atoms with Crippen LogP contribution in [-0.2, 0) is 0 Å². The molecule has 0 radical (unpaired) electrons. The van der Waals surface area contributed by atoms with Crippen LogP contribution in [0.1, 0.15) is 13.8 Å². The lowest BCUT2D eigenvalue weighted by molar-refractivity contribution is 0.490. The van der Waals surface area contributed by atoms with Gasteiger partial charge in [0.25, 0.3) is 0 Å². The van der Waals surface area contributed by atoms with E-state index in [0.29, 0.717) is 5.92 Å². The average Bonchev–Trinajstić information content (AvgIpc) is 1.94. The third-order valence-electron chi connectivity index (χ3n) is 1.65. The molecule has 4 heteroatoms. The number of nitrogens with one attached hydrogen (secondary N) is 2. The molecule has 11 heavy (non-hydrogen) atoms. The molecular formula is C7H12Cl2N2. The number of alkyl halides is 2. The Bertz CT molecular complexity index is 168. The summed E-state index contributed by atoms with van der Waals surface area (Å²) in [5.41, 5.74) is 6.56. The largest absolute Gasteiger partial charge is 0.235 e. The van der Waals surface area contributed by atoms with E-state index in [1.54, 1.807) is 0 Å². The molecule has 0 aromatic rings. The van der Waals surface area contributed by atoms with Crippen LogP contribution in [0, 0.1) is 5.92 Å². The van der Waals surface area contributed by atoms with Crippen LogP contribution in [0.25, 0.3) is 0 Å². The lowest BCUT2D eigenvalue weighted by atomic mass is 10.0. The van der Waals surface area contributed by atoms with Crippen LogP contribution < -0.4 is 10.9 Å². The first-order valence-electron chi connectivity index (χ1n) is 3.62. The fraction of sp³-hybridized carbons (Fsp3) is 0.714. The van der Waals surface area contributed by atoms with Gasteiger partial charge in [-0.05, 0) is 17.6 Å². The first-order valence-corrected chi connectivity index (χ1v) is 4.49. The number of hydrazine groups is 1. The maximum Gasteiger partial charge on any atom is 0.117 e. The quantitative estimate of drug-likeness (QED) is 0.378. The van der Waals surface area contributed by atoms with Gasteiger partial charge in [-0.15, -0.1) is 0 Å². The van der Waals surface area contributed by atoms with Crippen LogP contribution in [0.3, 0.4) is 0 Å². The minimum atomic E-state index is -0.151. The molecule has 0 aliphatic carbocycles. The van der Waals surface area contributed by atoms with Crippen LogP contribution in [0.2, 0.25) is 0 Å². The third-order valence-corrected chi connectivity index (χ3v) is 2.24. The summed E-state index contributed by atoms with van der Waals surface area (Å²) in [6.07, 6.45) is 1.94. The molecule has 0 fully saturated rings. The van der Waals surface area contributed by atoms with Crippen LogP contribution in [0.15, 0.2) is 11.6 Å². The van der Waals surface area contributed by atoms with Gasteiger partial charge < -0.3 is 0 Å². The van der Waals surface area contributed by atoms with Crippen LogP contribution in [0.4, 0.5) is 0 Å². The molecule has 0 bridgehead atoms. The fourth-order valence-corrected chi connectivity index (χ4v) is 1.61. The maximum absolute atomic E-state index is 5.94. The molecule has 0 saturated heterocycles. The second-order valence-electron chi connectivity index (χ2n) is 2.87. The molecule has 0 spiro atoms. The van der Waals surface area contributed by atoms with Gasteiger partial charge in [-0.2, -0.15) is 0 Å². The van der Waals surface area contributed by atoms with Gasteiger partial charge in [0.05, 0.1) is 0 Å². The molecule has 0 amide bonds. The Morgan fingerprint density at radius 3 is 2.45 bits per heavy atom. The van der Waals surface area contributed by atoms with Gasteiger partial charge in [-0.3, -0.25) is 0 Å². The number of rotatable bonds is 1. The van der Waals surface area contributed by atoms with Crippen molar-refractivity contribution in [3.05, 3.63) is 11.6 Å². The summed E-state index contributed by atoms with van der Waals surface area (Å²) in [7, 11) is 0. The first kappa shape index (κ1) is 9.33. The van der Waals surface area contributed by atoms with Gasteiger partial charge in [0.1, 0.15) is 11.0 Å². The molecule has 64 valence electrons. The minimum absolute atomic E-state index is 0.134. The highest BCUT2D eigenvalue weighted by molar-refractivity contribution is 6.24. The Kier molecular flexibility index (Phi) is 3.19. The van der Waals surface area contributed by atoms with Gasteiger partial charge >= 0.3 is 0 Å². The lowest BCUT2D eigenvalue weighted by Crippen LogP contribution is -2.47. The molecule has 1 aliphatic rings. The van der Waals surface area contributed by atoms with Crippen molar-refractivity contribution in [3.63, 3.8) is 0 Å². The first-order chi connectivity index (χ1) is 5.11. The predicted octanol–water partition coefficient (Wildman–Crippen LogP) is 1.81. The summed E-state index contributed by atoms with van der Waals surface area (Å²) in [5.74, 6) is 0.438. The molecule has 2 nitrogen and oxygen atoms in total. The fourth-order valence-electron chi connectivity index (χ4n) is 1.02. The topological polar surface area (TPSA) is 24.1 Å². The summed E-state index contributed by atoms with van der Waals surface area (Å²) < 4.78 is 0. The average molecular weight is 195 g/mol. The Hall–Kier alpha value is 0.240. The summed E-state index contributed by atoms with van der Waals surface area (Å²) in [4.78, 5) is 0. The normalized spacial score (nSPS) is 32.3. The van der Waals surface area contributed by atoms with Crippen LogP contribution in [0.5, 0.6) is 0 Å². The summed E-state index contributed by atoms with van der Waals surface area (Å²) in [6, 6.07) is 0.